The topological polar surface area (TPSA) is 84.4 Å². The lowest BCUT2D eigenvalue weighted by Crippen LogP contribution is -2.24. The minimum absolute atomic E-state index is 0.177. The number of hydrogen-bond donors (Lipinski definition) is 1. The van der Waals surface area contributed by atoms with E-state index in [1.807, 2.05) is 65.4 Å². The summed E-state index contributed by atoms with van der Waals surface area (Å²) in [5.41, 5.74) is 4.13. The number of aromatic nitrogens is 3. The second-order valence-electron chi connectivity index (χ2n) is 9.23. The zero-order valence-electron chi connectivity index (χ0n) is 22.2. The Hall–Kier alpha value is -3.99. The van der Waals surface area contributed by atoms with Crippen LogP contribution in [0.3, 0.4) is 0 Å². The highest BCUT2D eigenvalue weighted by Crippen LogP contribution is 2.22. The van der Waals surface area contributed by atoms with Gasteiger partial charge in [-0.1, -0.05) is 43.0 Å². The first-order valence-corrected chi connectivity index (χ1v) is 13.1. The fourth-order valence-electron chi connectivity index (χ4n) is 4.27. The predicted octanol–water partition coefficient (Wildman–Crippen LogP) is 5.34. The van der Waals surface area contributed by atoms with E-state index in [9.17, 15) is 9.90 Å². The average Bonchev–Trinajstić information content (AvgIpc) is 3.61. The summed E-state index contributed by atoms with van der Waals surface area (Å²) in [6.45, 7) is 9.42. The van der Waals surface area contributed by atoms with Crippen LogP contribution in [0.1, 0.15) is 72.7 Å². The van der Waals surface area contributed by atoms with E-state index >= 15 is 0 Å². The van der Waals surface area contributed by atoms with E-state index in [2.05, 4.69) is 40.7 Å². The molecule has 0 saturated carbocycles. The number of Topliss-reactive ketones (excluding diaryl/α,β-unsaturated/α-hetero) is 1. The van der Waals surface area contributed by atoms with Crippen molar-refractivity contribution in [1.29, 1.82) is 0 Å². The highest BCUT2D eigenvalue weighted by atomic mass is 16.5. The maximum absolute atomic E-state index is 12.5. The number of nitrogens with zero attached hydrogens (tertiary/aromatic N) is 4. The number of hydrogen-bond acceptors (Lipinski definition) is 6. The molecule has 2 aromatic carbocycles. The van der Waals surface area contributed by atoms with Gasteiger partial charge in [0.15, 0.2) is 11.5 Å². The lowest BCUT2D eigenvalue weighted by Gasteiger charge is -2.17. The maximum Gasteiger partial charge on any atom is 0.167 e. The normalized spacial score (nSPS) is 11.8. The first-order valence-electron chi connectivity index (χ1n) is 13.1. The van der Waals surface area contributed by atoms with E-state index in [-0.39, 0.29) is 5.78 Å². The number of aliphatic hydroxyl groups is 1. The van der Waals surface area contributed by atoms with Crippen molar-refractivity contribution in [1.82, 2.24) is 19.6 Å². The second kappa shape index (κ2) is 13.0. The van der Waals surface area contributed by atoms with Crippen LogP contribution in [0, 0.1) is 11.8 Å². The van der Waals surface area contributed by atoms with Crippen molar-refractivity contribution in [2.45, 2.75) is 46.3 Å². The van der Waals surface area contributed by atoms with Crippen LogP contribution < -0.4 is 0 Å². The molecule has 0 amide bonds. The van der Waals surface area contributed by atoms with Gasteiger partial charge in [-0.15, -0.1) is 0 Å². The second-order valence-corrected chi connectivity index (χ2v) is 9.23. The molecule has 0 bridgehead atoms. The van der Waals surface area contributed by atoms with Gasteiger partial charge in [-0.2, -0.15) is 0 Å². The Morgan fingerprint density at radius 3 is 2.34 bits per heavy atom. The van der Waals surface area contributed by atoms with Crippen molar-refractivity contribution in [3.63, 3.8) is 0 Å². The van der Waals surface area contributed by atoms with E-state index < -0.39 is 6.10 Å². The Morgan fingerprint density at radius 1 is 1.05 bits per heavy atom. The summed E-state index contributed by atoms with van der Waals surface area (Å²) in [7, 11) is 0. The Balaban J connectivity index is 1.33. The smallest absolute Gasteiger partial charge is 0.167 e. The van der Waals surface area contributed by atoms with Gasteiger partial charge in [0.2, 0.25) is 0 Å². The van der Waals surface area contributed by atoms with Gasteiger partial charge in [-0.3, -0.25) is 4.79 Å². The van der Waals surface area contributed by atoms with Gasteiger partial charge in [0.25, 0.3) is 0 Å². The van der Waals surface area contributed by atoms with E-state index in [4.69, 9.17) is 4.52 Å². The molecule has 0 aliphatic carbocycles. The predicted molar refractivity (Wildman–Crippen MR) is 148 cm³/mol. The van der Waals surface area contributed by atoms with Gasteiger partial charge in [-0.25, -0.2) is 4.98 Å². The number of benzene rings is 2. The Labute approximate surface area is 224 Å². The van der Waals surface area contributed by atoms with Gasteiger partial charge in [0.05, 0.1) is 6.54 Å². The van der Waals surface area contributed by atoms with E-state index in [1.54, 1.807) is 13.1 Å². The molecule has 4 rings (SSSR count). The number of imidazole rings is 1. The van der Waals surface area contributed by atoms with Crippen LogP contribution in [0.25, 0.3) is 11.3 Å². The van der Waals surface area contributed by atoms with Crippen molar-refractivity contribution in [3.8, 4) is 23.2 Å². The monoisotopic (exact) mass is 510 g/mol. The van der Waals surface area contributed by atoms with Gasteiger partial charge < -0.3 is 19.1 Å². The fraction of sp³-hybridized carbons (Fsp3) is 0.323. The molecule has 0 saturated heterocycles. The average molecular weight is 511 g/mol. The van der Waals surface area contributed by atoms with Crippen molar-refractivity contribution in [2.75, 3.05) is 19.6 Å². The summed E-state index contributed by atoms with van der Waals surface area (Å²) in [4.78, 5) is 19.0. The van der Waals surface area contributed by atoms with E-state index in [0.717, 1.165) is 54.0 Å². The summed E-state index contributed by atoms with van der Waals surface area (Å²) in [6.07, 6.45) is 4.25. The third-order valence-electron chi connectivity index (χ3n) is 6.51. The maximum atomic E-state index is 12.5. The Kier molecular flexibility index (Phi) is 9.26. The minimum Gasteiger partial charge on any atom is -0.385 e. The van der Waals surface area contributed by atoms with Gasteiger partial charge in [0.1, 0.15) is 17.6 Å². The lowest BCUT2D eigenvalue weighted by molar-refractivity contribution is 0.0975. The molecule has 7 heteroatoms. The Bertz CT molecular complexity index is 1390. The molecule has 0 spiro atoms. The molecule has 0 aliphatic heterocycles. The molecule has 1 N–H and O–H groups in total. The first-order chi connectivity index (χ1) is 18.5. The molecule has 38 heavy (non-hydrogen) atoms. The molecule has 0 aliphatic rings. The van der Waals surface area contributed by atoms with Crippen molar-refractivity contribution < 1.29 is 14.4 Å². The summed E-state index contributed by atoms with van der Waals surface area (Å²) in [5.74, 6) is 7.78. The van der Waals surface area contributed by atoms with Gasteiger partial charge >= 0.3 is 0 Å². The van der Waals surface area contributed by atoms with E-state index in [0.29, 0.717) is 24.6 Å². The summed E-state index contributed by atoms with van der Waals surface area (Å²) in [6, 6.07) is 17.2. The molecule has 196 valence electrons. The standard InChI is InChI=1S/C31H34N4O3/c1-4-34(5-2)19-6-7-29(37)26-14-10-24(11-15-26)8-9-25-12-16-27(17-13-25)30-21-28(33-38-30)22-35-20-18-32-31(35)23(3)36/h10-18,20-21,23,36H,4-7,19,22H2,1-3H3/t23-/m0/s1. The third kappa shape index (κ3) is 7.06. The molecule has 1 atom stereocenters. The van der Waals surface area contributed by atoms with Crippen LogP contribution in [0.5, 0.6) is 0 Å². The highest BCUT2D eigenvalue weighted by Gasteiger charge is 2.12. The highest BCUT2D eigenvalue weighted by molar-refractivity contribution is 5.96. The summed E-state index contributed by atoms with van der Waals surface area (Å²) in [5, 5.41) is 14.0. The van der Waals surface area contributed by atoms with Crippen LogP contribution in [-0.4, -0.2) is 50.1 Å². The van der Waals surface area contributed by atoms with Crippen molar-refractivity contribution in [3.05, 3.63) is 95.2 Å². The number of carbonyl (C=O) groups excluding carboxylic acids is 1. The van der Waals surface area contributed by atoms with Crippen LogP contribution in [0.2, 0.25) is 0 Å². The minimum atomic E-state index is -0.655. The quantitative estimate of drug-likeness (QED) is 0.216. The van der Waals surface area contributed by atoms with Crippen LogP contribution in [0.15, 0.2) is 71.5 Å². The van der Waals surface area contributed by atoms with Gasteiger partial charge in [0, 0.05) is 47.1 Å². The largest absolute Gasteiger partial charge is 0.385 e. The third-order valence-corrected chi connectivity index (χ3v) is 6.51. The molecule has 0 radical (unpaired) electrons. The molecule has 2 heterocycles. The first kappa shape index (κ1) is 27.1. The lowest BCUT2D eigenvalue weighted by atomic mass is 10.0. The number of ketones is 1. The zero-order valence-corrected chi connectivity index (χ0v) is 22.2. The summed E-state index contributed by atoms with van der Waals surface area (Å²) < 4.78 is 7.38. The Morgan fingerprint density at radius 2 is 1.71 bits per heavy atom. The molecule has 2 aromatic heterocycles. The van der Waals surface area contributed by atoms with Crippen LogP contribution in [0.4, 0.5) is 0 Å². The van der Waals surface area contributed by atoms with E-state index in [1.165, 1.54) is 0 Å². The van der Waals surface area contributed by atoms with Crippen LogP contribution in [-0.2, 0) is 6.54 Å². The number of rotatable bonds is 11. The van der Waals surface area contributed by atoms with Crippen molar-refractivity contribution >= 4 is 5.78 Å². The molecule has 0 fully saturated rings. The fourth-order valence-corrected chi connectivity index (χ4v) is 4.27. The van der Waals surface area contributed by atoms with Crippen LogP contribution >= 0.6 is 0 Å². The molecular formula is C31H34N4O3. The zero-order chi connectivity index (χ0) is 26.9. The van der Waals surface area contributed by atoms with Gasteiger partial charge in [-0.05, 0) is 69.4 Å². The molecule has 0 unspecified atom stereocenters. The SMILES string of the molecule is CCN(CC)CCCC(=O)c1ccc(C#Cc2ccc(-c3cc(Cn4ccnc4[C@H](C)O)no3)cc2)cc1. The summed E-state index contributed by atoms with van der Waals surface area (Å²) >= 11 is 0. The molecule has 4 aromatic rings. The van der Waals surface area contributed by atoms with Crippen molar-refractivity contribution in [2.24, 2.45) is 0 Å². The molecular weight excluding hydrogens is 476 g/mol. The number of aliphatic hydroxyl groups excluding tert-OH is 1. The number of carbonyl (C=O) groups is 1. The molecule has 7 nitrogen and oxygen atoms in total.